The highest BCUT2D eigenvalue weighted by Crippen LogP contribution is 2.28. The number of hydrogen-bond donors (Lipinski definition) is 4. The number of primary amides is 1. The van der Waals surface area contributed by atoms with Gasteiger partial charge in [0.1, 0.15) is 17.1 Å². The van der Waals surface area contributed by atoms with Gasteiger partial charge >= 0.3 is 5.97 Å². The molecule has 0 aliphatic carbocycles. The largest absolute Gasteiger partial charge is 0.496 e. The van der Waals surface area contributed by atoms with E-state index in [1.165, 1.54) is 13.2 Å². The maximum Gasteiger partial charge on any atom is 0.339 e. The van der Waals surface area contributed by atoms with Crippen molar-refractivity contribution in [1.82, 2.24) is 14.9 Å². The highest BCUT2D eigenvalue weighted by Gasteiger charge is 2.29. The van der Waals surface area contributed by atoms with Gasteiger partial charge in [0, 0.05) is 12.1 Å². The maximum atomic E-state index is 14.0. The molecule has 4 rings (SSSR count). The number of H-pyrrole nitrogens is 1. The zero-order chi connectivity index (χ0) is 30.6. The Labute approximate surface area is 268 Å². The second kappa shape index (κ2) is 15.4. The van der Waals surface area contributed by atoms with E-state index in [1.54, 1.807) is 35.4 Å². The van der Waals surface area contributed by atoms with E-state index in [4.69, 9.17) is 16.2 Å². The summed E-state index contributed by atoms with van der Waals surface area (Å²) in [6.07, 6.45) is 1.95. The second-order valence-electron chi connectivity index (χ2n) is 10.3. The molecule has 2 amide bonds. The van der Waals surface area contributed by atoms with Gasteiger partial charge in [0.15, 0.2) is 0 Å². The predicted octanol–water partition coefficient (Wildman–Crippen LogP) is 5.00. The van der Waals surface area contributed by atoms with Crippen LogP contribution >= 0.6 is 24.8 Å². The number of carboxylic acid groups (broad SMARTS) is 1. The Bertz CT molecular complexity index is 1600. The molecule has 234 valence electrons. The normalized spacial score (nSPS) is 11.8. The molecular formula is C32H37Cl2N5O5. The van der Waals surface area contributed by atoms with Crippen LogP contribution in [0.4, 0.5) is 0 Å². The predicted molar refractivity (Wildman–Crippen MR) is 174 cm³/mol. The number of nitrogens with zero attached hydrogens (tertiary/aromatic N) is 2. The Morgan fingerprint density at radius 2 is 1.66 bits per heavy atom. The molecule has 3 aromatic carbocycles. The van der Waals surface area contributed by atoms with E-state index >= 15 is 0 Å². The number of methoxy groups -OCH3 is 1. The lowest BCUT2D eigenvalue weighted by molar-refractivity contribution is -0.135. The number of carboxylic acids is 1. The summed E-state index contributed by atoms with van der Waals surface area (Å²) in [5.74, 6) is -1.23. The number of amides is 2. The standard InChI is InChI=1S/C32H35N5O5.2ClH/c1-18-12-23(29(34)38)13-19(2)24(18)15-26(33)31(39)37(17-21-10-11-28(42-4)25(14-21)32(40)41)20(3)30-35-16-27(36-30)22-8-6-5-7-9-22;;/h5-14,16,20,26H,15,17,33H2,1-4H3,(H2,34,38)(H,35,36)(H,40,41);2*1H/t20-,26+;;/m0../s1. The summed E-state index contributed by atoms with van der Waals surface area (Å²) in [5, 5.41) is 9.70. The zero-order valence-corrected chi connectivity index (χ0v) is 26.5. The minimum absolute atomic E-state index is 0. The van der Waals surface area contributed by atoms with Crippen LogP contribution in [0, 0.1) is 13.8 Å². The van der Waals surface area contributed by atoms with Crippen LogP contribution < -0.4 is 16.2 Å². The van der Waals surface area contributed by atoms with Crippen LogP contribution in [0.2, 0.25) is 0 Å². The third kappa shape index (κ3) is 7.96. The van der Waals surface area contributed by atoms with Crippen molar-refractivity contribution in [1.29, 1.82) is 0 Å². The summed E-state index contributed by atoms with van der Waals surface area (Å²) in [4.78, 5) is 47.1. The van der Waals surface area contributed by atoms with E-state index in [0.29, 0.717) is 17.0 Å². The summed E-state index contributed by atoms with van der Waals surface area (Å²) in [5.41, 5.74) is 17.2. The van der Waals surface area contributed by atoms with E-state index in [-0.39, 0.29) is 55.0 Å². The summed E-state index contributed by atoms with van der Waals surface area (Å²) in [6, 6.07) is 16.4. The molecule has 6 N–H and O–H groups in total. The summed E-state index contributed by atoms with van der Waals surface area (Å²) >= 11 is 0. The van der Waals surface area contributed by atoms with Crippen LogP contribution in [-0.2, 0) is 17.8 Å². The van der Waals surface area contributed by atoms with Crippen LogP contribution in [-0.4, -0.2) is 50.9 Å². The molecule has 0 aliphatic rings. The van der Waals surface area contributed by atoms with Gasteiger partial charge in [-0.1, -0.05) is 36.4 Å². The number of aromatic carboxylic acids is 1. The Morgan fingerprint density at radius 3 is 2.23 bits per heavy atom. The maximum absolute atomic E-state index is 14.0. The lowest BCUT2D eigenvalue weighted by Gasteiger charge is -2.31. The highest BCUT2D eigenvalue weighted by atomic mass is 35.5. The lowest BCUT2D eigenvalue weighted by Crippen LogP contribution is -2.46. The van der Waals surface area contributed by atoms with E-state index in [2.05, 4.69) is 9.97 Å². The number of benzene rings is 3. The smallest absolute Gasteiger partial charge is 0.339 e. The number of carbonyl (C=O) groups is 3. The number of nitrogens with two attached hydrogens (primary N) is 2. The Morgan fingerprint density at radius 1 is 1.02 bits per heavy atom. The quantitative estimate of drug-likeness (QED) is 0.179. The number of aryl methyl sites for hydroxylation is 2. The number of halogens is 2. The molecule has 44 heavy (non-hydrogen) atoms. The van der Waals surface area contributed by atoms with Gasteiger partial charge in [-0.2, -0.15) is 0 Å². The fraction of sp³-hybridized carbons (Fsp3) is 0.250. The van der Waals surface area contributed by atoms with Gasteiger partial charge in [0.25, 0.3) is 0 Å². The van der Waals surface area contributed by atoms with Crippen LogP contribution in [0.25, 0.3) is 11.3 Å². The fourth-order valence-electron chi connectivity index (χ4n) is 5.06. The van der Waals surface area contributed by atoms with Crippen LogP contribution in [0.5, 0.6) is 5.75 Å². The fourth-order valence-corrected chi connectivity index (χ4v) is 5.06. The molecule has 2 atom stereocenters. The van der Waals surface area contributed by atoms with Crippen molar-refractivity contribution in [2.24, 2.45) is 11.5 Å². The average molecular weight is 643 g/mol. The molecular weight excluding hydrogens is 605 g/mol. The van der Waals surface area contributed by atoms with Gasteiger partial charge in [0.05, 0.1) is 31.1 Å². The highest BCUT2D eigenvalue weighted by molar-refractivity contribution is 5.93. The van der Waals surface area contributed by atoms with Gasteiger partial charge < -0.3 is 31.2 Å². The number of rotatable bonds is 11. The first kappa shape index (κ1) is 35.8. The van der Waals surface area contributed by atoms with Crippen molar-refractivity contribution in [2.45, 2.75) is 45.8 Å². The van der Waals surface area contributed by atoms with Crippen LogP contribution in [0.1, 0.15) is 61.8 Å². The molecule has 1 heterocycles. The molecule has 1 aromatic heterocycles. The van der Waals surface area contributed by atoms with Gasteiger partial charge in [0.2, 0.25) is 11.8 Å². The molecule has 0 spiro atoms. The minimum atomic E-state index is -1.14. The van der Waals surface area contributed by atoms with Crippen molar-refractivity contribution >= 4 is 42.6 Å². The zero-order valence-electron chi connectivity index (χ0n) is 24.9. The third-order valence-electron chi connectivity index (χ3n) is 7.40. The Hall–Kier alpha value is -4.38. The number of carbonyl (C=O) groups excluding carboxylic acids is 2. The van der Waals surface area contributed by atoms with Crippen molar-refractivity contribution in [2.75, 3.05) is 7.11 Å². The molecule has 0 unspecified atom stereocenters. The van der Waals surface area contributed by atoms with E-state index < -0.39 is 24.0 Å². The number of nitrogens with one attached hydrogen (secondary N) is 1. The van der Waals surface area contributed by atoms with Crippen LogP contribution in [0.3, 0.4) is 0 Å². The summed E-state index contributed by atoms with van der Waals surface area (Å²) < 4.78 is 5.20. The summed E-state index contributed by atoms with van der Waals surface area (Å²) in [7, 11) is 1.40. The first-order valence-electron chi connectivity index (χ1n) is 13.5. The van der Waals surface area contributed by atoms with Gasteiger partial charge in [-0.25, -0.2) is 9.78 Å². The molecule has 4 aromatic rings. The van der Waals surface area contributed by atoms with Crippen molar-refractivity contribution in [3.8, 4) is 17.0 Å². The first-order valence-corrected chi connectivity index (χ1v) is 13.5. The number of imidazole rings is 1. The molecule has 0 aliphatic heterocycles. The Kier molecular flexibility index (Phi) is 12.5. The topological polar surface area (TPSA) is 165 Å². The number of aromatic nitrogens is 2. The van der Waals surface area contributed by atoms with Crippen molar-refractivity contribution in [3.63, 3.8) is 0 Å². The number of aromatic amines is 1. The molecule has 10 nitrogen and oxygen atoms in total. The van der Waals surface area contributed by atoms with E-state index in [0.717, 1.165) is 27.9 Å². The molecule has 0 saturated heterocycles. The van der Waals surface area contributed by atoms with Gasteiger partial charge in [-0.05, 0) is 79.3 Å². The Balaban J connectivity index is 0.00000337. The lowest BCUT2D eigenvalue weighted by atomic mass is 9.93. The molecule has 0 bridgehead atoms. The average Bonchev–Trinajstić information content (AvgIpc) is 3.47. The summed E-state index contributed by atoms with van der Waals surface area (Å²) in [6.45, 7) is 5.63. The van der Waals surface area contributed by atoms with Crippen molar-refractivity contribution < 1.29 is 24.2 Å². The molecule has 0 radical (unpaired) electrons. The monoisotopic (exact) mass is 641 g/mol. The first-order chi connectivity index (χ1) is 20.0. The van der Waals surface area contributed by atoms with E-state index in [9.17, 15) is 19.5 Å². The third-order valence-corrected chi connectivity index (χ3v) is 7.40. The van der Waals surface area contributed by atoms with E-state index in [1.807, 2.05) is 51.1 Å². The van der Waals surface area contributed by atoms with Gasteiger partial charge in [-0.3, -0.25) is 9.59 Å². The van der Waals surface area contributed by atoms with Gasteiger partial charge in [-0.15, -0.1) is 24.8 Å². The van der Waals surface area contributed by atoms with Crippen molar-refractivity contribution in [3.05, 3.63) is 106 Å². The SMILES string of the molecule is COc1ccc(CN(C(=O)[C@H](N)Cc2c(C)cc(C(N)=O)cc2C)[C@@H](C)c2ncc(-c3ccccc3)[nH]2)cc1C(=O)O.Cl.Cl. The minimum Gasteiger partial charge on any atom is -0.496 e. The molecule has 0 fully saturated rings. The number of ether oxygens (including phenoxy) is 1. The molecule has 0 saturated carbocycles. The second-order valence-corrected chi connectivity index (χ2v) is 10.3. The molecule has 12 heteroatoms. The van der Waals surface area contributed by atoms with Crippen LogP contribution in [0.15, 0.2) is 66.9 Å². The number of hydrogen-bond acceptors (Lipinski definition) is 6.